The molecule has 2 N–H and O–H groups in total. The predicted molar refractivity (Wildman–Crippen MR) is 92.3 cm³/mol. The molecule has 1 aromatic carbocycles. The number of anilines is 1. The van der Waals surface area contributed by atoms with E-state index in [2.05, 4.69) is 27.2 Å². The van der Waals surface area contributed by atoms with E-state index in [-0.39, 0.29) is 17.0 Å². The van der Waals surface area contributed by atoms with E-state index in [4.69, 9.17) is 4.74 Å². The summed E-state index contributed by atoms with van der Waals surface area (Å²) in [6.45, 7) is 0.684. The van der Waals surface area contributed by atoms with Crippen molar-refractivity contribution in [3.8, 4) is 0 Å². The molecule has 1 aliphatic rings. The van der Waals surface area contributed by atoms with Gasteiger partial charge in [0.1, 0.15) is 10.7 Å². The number of pyridine rings is 1. The van der Waals surface area contributed by atoms with Crippen LogP contribution in [0, 0.1) is 0 Å². The molecule has 128 valence electrons. The summed E-state index contributed by atoms with van der Waals surface area (Å²) >= 11 is 0. The minimum absolute atomic E-state index is 0.0707. The number of rotatable bonds is 5. The van der Waals surface area contributed by atoms with Crippen LogP contribution in [0.1, 0.15) is 24.5 Å². The van der Waals surface area contributed by atoms with E-state index in [1.54, 1.807) is 12.1 Å². The first-order chi connectivity index (χ1) is 11.6. The highest BCUT2D eigenvalue weighted by atomic mass is 32.2. The molecule has 6 nitrogen and oxygen atoms in total. The first-order valence-electron chi connectivity index (χ1n) is 7.91. The van der Waals surface area contributed by atoms with Gasteiger partial charge in [-0.3, -0.25) is 0 Å². The lowest BCUT2D eigenvalue weighted by Gasteiger charge is -2.30. The second-order valence-corrected chi connectivity index (χ2v) is 7.61. The summed E-state index contributed by atoms with van der Waals surface area (Å²) in [7, 11) is -2.07. The van der Waals surface area contributed by atoms with Crippen molar-refractivity contribution in [1.29, 1.82) is 0 Å². The number of benzene rings is 1. The molecule has 2 unspecified atom stereocenters. The van der Waals surface area contributed by atoms with Crippen LogP contribution in [0.15, 0.2) is 53.6 Å². The molecular weight excluding hydrogens is 326 g/mol. The number of hydrogen-bond acceptors (Lipinski definition) is 5. The summed E-state index contributed by atoms with van der Waals surface area (Å²) in [5.74, 6) is 0.670. The molecule has 0 amide bonds. The third-order valence-corrected chi connectivity index (χ3v) is 5.52. The Kier molecular flexibility index (Phi) is 5.13. The van der Waals surface area contributed by atoms with Crippen LogP contribution in [0.25, 0.3) is 0 Å². The van der Waals surface area contributed by atoms with Crippen molar-refractivity contribution < 1.29 is 13.2 Å². The maximum Gasteiger partial charge on any atom is 0.241 e. The monoisotopic (exact) mass is 347 g/mol. The van der Waals surface area contributed by atoms with Crippen LogP contribution in [0.5, 0.6) is 0 Å². The molecule has 1 aromatic heterocycles. The van der Waals surface area contributed by atoms with Crippen molar-refractivity contribution in [2.45, 2.75) is 29.9 Å². The van der Waals surface area contributed by atoms with Crippen molar-refractivity contribution in [1.82, 2.24) is 9.71 Å². The Balaban J connectivity index is 1.65. The Morgan fingerprint density at radius 2 is 1.96 bits per heavy atom. The second kappa shape index (κ2) is 7.29. The van der Waals surface area contributed by atoms with Crippen molar-refractivity contribution in [3.05, 3.63) is 54.2 Å². The first-order valence-corrected chi connectivity index (χ1v) is 9.39. The van der Waals surface area contributed by atoms with Gasteiger partial charge in [-0.05, 0) is 37.6 Å². The summed E-state index contributed by atoms with van der Waals surface area (Å²) < 4.78 is 31.6. The Labute approximate surface area is 142 Å². The highest BCUT2D eigenvalue weighted by molar-refractivity contribution is 7.89. The van der Waals surface area contributed by atoms with Gasteiger partial charge in [0.15, 0.2) is 0 Å². The molecule has 2 aromatic rings. The summed E-state index contributed by atoms with van der Waals surface area (Å²) in [5, 5.41) is 3.37. The zero-order valence-corrected chi connectivity index (χ0v) is 14.3. The number of nitrogens with one attached hydrogen (secondary N) is 2. The largest absolute Gasteiger partial charge is 0.373 e. The number of ether oxygens (including phenoxy) is 1. The standard InChI is InChI=1S/C17H21N3O3S/c1-18-24(21,22)15-7-8-17(19-12-15)20-14-9-10-23-16(11-14)13-5-3-2-4-6-13/h2-8,12,14,16,18H,9-11H2,1H3,(H,19,20). The second-order valence-electron chi connectivity index (χ2n) is 5.72. The molecule has 1 aliphatic heterocycles. The van der Waals surface area contributed by atoms with E-state index in [1.165, 1.54) is 18.8 Å². The molecule has 0 saturated carbocycles. The molecule has 7 heteroatoms. The van der Waals surface area contributed by atoms with E-state index in [0.717, 1.165) is 12.8 Å². The van der Waals surface area contributed by atoms with Gasteiger partial charge in [0.25, 0.3) is 0 Å². The smallest absolute Gasteiger partial charge is 0.241 e. The fraction of sp³-hybridized carbons (Fsp3) is 0.353. The van der Waals surface area contributed by atoms with Crippen LogP contribution in [0.2, 0.25) is 0 Å². The lowest BCUT2D eigenvalue weighted by atomic mass is 9.97. The molecule has 0 bridgehead atoms. The maximum absolute atomic E-state index is 11.7. The van der Waals surface area contributed by atoms with Crippen molar-refractivity contribution in [2.75, 3.05) is 19.0 Å². The van der Waals surface area contributed by atoms with Crippen molar-refractivity contribution in [3.63, 3.8) is 0 Å². The average Bonchev–Trinajstić information content (AvgIpc) is 2.63. The van der Waals surface area contributed by atoms with E-state index in [9.17, 15) is 8.42 Å². The first kappa shape index (κ1) is 16.9. The molecule has 2 atom stereocenters. The Hall–Kier alpha value is -1.96. The number of aromatic nitrogens is 1. The topological polar surface area (TPSA) is 80.3 Å². The molecule has 1 saturated heterocycles. The summed E-state index contributed by atoms with van der Waals surface area (Å²) in [5.41, 5.74) is 1.17. The Morgan fingerprint density at radius 3 is 2.62 bits per heavy atom. The van der Waals surface area contributed by atoms with Crippen LogP contribution in [-0.4, -0.2) is 33.1 Å². The van der Waals surface area contributed by atoms with Crippen LogP contribution in [0.3, 0.4) is 0 Å². The zero-order valence-electron chi connectivity index (χ0n) is 13.5. The van der Waals surface area contributed by atoms with Gasteiger partial charge >= 0.3 is 0 Å². The summed E-state index contributed by atoms with van der Waals surface area (Å²) in [6, 6.07) is 13.6. The number of nitrogens with zero attached hydrogens (tertiary/aromatic N) is 1. The van der Waals surface area contributed by atoms with Crippen LogP contribution >= 0.6 is 0 Å². The molecule has 0 spiro atoms. The molecule has 3 rings (SSSR count). The zero-order chi connectivity index (χ0) is 17.0. The third-order valence-electron chi connectivity index (χ3n) is 4.12. The van der Waals surface area contributed by atoms with Gasteiger partial charge < -0.3 is 10.1 Å². The van der Waals surface area contributed by atoms with Gasteiger partial charge in [-0.15, -0.1) is 0 Å². The van der Waals surface area contributed by atoms with Crippen LogP contribution in [-0.2, 0) is 14.8 Å². The number of sulfonamides is 1. The Bertz CT molecular complexity index is 763. The minimum Gasteiger partial charge on any atom is -0.373 e. The van der Waals surface area contributed by atoms with E-state index >= 15 is 0 Å². The van der Waals surface area contributed by atoms with E-state index in [1.807, 2.05) is 18.2 Å². The fourth-order valence-corrected chi connectivity index (χ4v) is 3.45. The molecular formula is C17H21N3O3S. The number of hydrogen-bond donors (Lipinski definition) is 2. The van der Waals surface area contributed by atoms with Gasteiger partial charge in [0.2, 0.25) is 10.0 Å². The van der Waals surface area contributed by atoms with Crippen LogP contribution < -0.4 is 10.0 Å². The van der Waals surface area contributed by atoms with Gasteiger partial charge in [0, 0.05) is 18.8 Å². The van der Waals surface area contributed by atoms with E-state index < -0.39 is 10.0 Å². The molecule has 2 heterocycles. The molecule has 0 radical (unpaired) electrons. The highest BCUT2D eigenvalue weighted by Gasteiger charge is 2.24. The SMILES string of the molecule is CNS(=O)(=O)c1ccc(NC2CCOC(c3ccccc3)C2)nc1. The third kappa shape index (κ3) is 3.92. The normalized spacial score (nSPS) is 21.4. The highest BCUT2D eigenvalue weighted by Crippen LogP contribution is 2.29. The summed E-state index contributed by atoms with van der Waals surface area (Å²) in [4.78, 5) is 4.37. The van der Waals surface area contributed by atoms with Gasteiger partial charge in [0.05, 0.1) is 6.10 Å². The van der Waals surface area contributed by atoms with Crippen molar-refractivity contribution >= 4 is 15.8 Å². The van der Waals surface area contributed by atoms with Gasteiger partial charge in [-0.1, -0.05) is 30.3 Å². The fourth-order valence-electron chi connectivity index (χ4n) is 2.78. The molecule has 1 fully saturated rings. The maximum atomic E-state index is 11.7. The lowest BCUT2D eigenvalue weighted by molar-refractivity contribution is 0.00974. The average molecular weight is 347 g/mol. The predicted octanol–water partition coefficient (Wildman–Crippen LogP) is 2.32. The minimum atomic E-state index is -3.45. The van der Waals surface area contributed by atoms with E-state index in [0.29, 0.717) is 12.4 Å². The van der Waals surface area contributed by atoms with Crippen LogP contribution in [0.4, 0.5) is 5.82 Å². The van der Waals surface area contributed by atoms with Gasteiger partial charge in [-0.2, -0.15) is 0 Å². The van der Waals surface area contributed by atoms with Crippen molar-refractivity contribution in [2.24, 2.45) is 0 Å². The lowest BCUT2D eigenvalue weighted by Crippen LogP contribution is -2.30. The molecule has 24 heavy (non-hydrogen) atoms. The van der Waals surface area contributed by atoms with Gasteiger partial charge in [-0.25, -0.2) is 18.1 Å². The Morgan fingerprint density at radius 1 is 1.17 bits per heavy atom. The summed E-state index contributed by atoms with van der Waals surface area (Å²) in [6.07, 6.45) is 3.17. The molecule has 0 aliphatic carbocycles. The quantitative estimate of drug-likeness (QED) is 0.868.